The molecule has 3 heteroatoms. The monoisotopic (exact) mass is 227 g/mol. The number of carboxylic acid groups (broad SMARTS) is 1. The summed E-state index contributed by atoms with van der Waals surface area (Å²) in [5.41, 5.74) is -0.582. The molecule has 1 saturated carbocycles. The summed E-state index contributed by atoms with van der Waals surface area (Å²) in [7, 11) is 1.96. The predicted molar refractivity (Wildman–Crippen MR) is 65.5 cm³/mol. The van der Waals surface area contributed by atoms with Crippen molar-refractivity contribution >= 4 is 5.97 Å². The standard InChI is InChI=1S/C13H25NO2/c1-4-10-14(3)13(12(15)16)8-6-11(5-2)7-9-13/h11H,4-10H2,1-3H3,(H,15,16). The van der Waals surface area contributed by atoms with Gasteiger partial charge < -0.3 is 5.11 Å². The highest BCUT2D eigenvalue weighted by Gasteiger charge is 2.44. The Morgan fingerprint density at radius 3 is 2.31 bits per heavy atom. The van der Waals surface area contributed by atoms with Gasteiger partial charge in [0, 0.05) is 0 Å². The van der Waals surface area contributed by atoms with Gasteiger partial charge in [0.1, 0.15) is 5.54 Å². The van der Waals surface area contributed by atoms with E-state index in [1.807, 2.05) is 7.05 Å². The third-order valence-corrected chi connectivity index (χ3v) is 4.20. The van der Waals surface area contributed by atoms with E-state index in [0.29, 0.717) is 0 Å². The van der Waals surface area contributed by atoms with Crippen molar-refractivity contribution in [3.63, 3.8) is 0 Å². The summed E-state index contributed by atoms with van der Waals surface area (Å²) in [4.78, 5) is 13.6. The first-order valence-electron chi connectivity index (χ1n) is 6.51. The van der Waals surface area contributed by atoms with Crippen molar-refractivity contribution < 1.29 is 9.90 Å². The number of rotatable bonds is 5. The lowest BCUT2D eigenvalue weighted by atomic mass is 9.74. The summed E-state index contributed by atoms with van der Waals surface area (Å²) in [6, 6.07) is 0. The number of carboxylic acids is 1. The lowest BCUT2D eigenvalue weighted by Crippen LogP contribution is -2.55. The number of nitrogens with zero attached hydrogens (tertiary/aromatic N) is 1. The summed E-state index contributed by atoms with van der Waals surface area (Å²) in [6.07, 6.45) is 5.97. The van der Waals surface area contributed by atoms with Crippen molar-refractivity contribution in [2.45, 2.75) is 57.9 Å². The lowest BCUT2D eigenvalue weighted by molar-refractivity contribution is -0.154. The lowest BCUT2D eigenvalue weighted by Gasteiger charge is -2.43. The zero-order valence-electron chi connectivity index (χ0n) is 10.8. The second kappa shape index (κ2) is 5.67. The van der Waals surface area contributed by atoms with Crippen LogP contribution in [0.1, 0.15) is 52.4 Å². The fourth-order valence-electron chi connectivity index (χ4n) is 2.87. The third kappa shape index (κ3) is 2.57. The Morgan fingerprint density at radius 1 is 1.38 bits per heavy atom. The molecule has 16 heavy (non-hydrogen) atoms. The highest BCUT2D eigenvalue weighted by Crippen LogP contribution is 2.37. The summed E-state index contributed by atoms with van der Waals surface area (Å²) < 4.78 is 0. The molecular weight excluding hydrogens is 202 g/mol. The summed E-state index contributed by atoms with van der Waals surface area (Å²) in [5.74, 6) is 0.112. The first-order valence-corrected chi connectivity index (χ1v) is 6.51. The maximum absolute atomic E-state index is 11.5. The molecule has 1 aliphatic rings. The fourth-order valence-corrected chi connectivity index (χ4v) is 2.87. The van der Waals surface area contributed by atoms with E-state index in [1.165, 1.54) is 6.42 Å². The van der Waals surface area contributed by atoms with Gasteiger partial charge >= 0.3 is 5.97 Å². The minimum Gasteiger partial charge on any atom is -0.480 e. The molecule has 94 valence electrons. The SMILES string of the molecule is CCCN(C)C1(C(=O)O)CCC(CC)CC1. The Morgan fingerprint density at radius 2 is 1.94 bits per heavy atom. The van der Waals surface area contributed by atoms with E-state index in [2.05, 4.69) is 18.7 Å². The second-order valence-electron chi connectivity index (χ2n) is 5.11. The van der Waals surface area contributed by atoms with Gasteiger partial charge in [0.2, 0.25) is 0 Å². The highest BCUT2D eigenvalue weighted by molar-refractivity contribution is 5.78. The third-order valence-electron chi connectivity index (χ3n) is 4.20. The zero-order chi connectivity index (χ0) is 12.2. The molecule has 1 rings (SSSR count). The van der Waals surface area contributed by atoms with Gasteiger partial charge in [0.05, 0.1) is 0 Å². The van der Waals surface area contributed by atoms with Crippen molar-refractivity contribution in [1.29, 1.82) is 0 Å². The topological polar surface area (TPSA) is 40.5 Å². The van der Waals surface area contributed by atoms with Gasteiger partial charge in [-0.25, -0.2) is 0 Å². The van der Waals surface area contributed by atoms with E-state index in [4.69, 9.17) is 0 Å². The Hall–Kier alpha value is -0.570. The van der Waals surface area contributed by atoms with Crippen LogP contribution in [0.25, 0.3) is 0 Å². The Labute approximate surface area is 98.8 Å². The number of hydrogen-bond donors (Lipinski definition) is 1. The Kier molecular flexibility index (Phi) is 4.78. The van der Waals surface area contributed by atoms with Gasteiger partial charge in [-0.3, -0.25) is 9.69 Å². The van der Waals surface area contributed by atoms with Gasteiger partial charge in [-0.2, -0.15) is 0 Å². The molecule has 0 aromatic carbocycles. The van der Waals surface area contributed by atoms with Gasteiger partial charge in [-0.1, -0.05) is 20.3 Å². The number of aliphatic carboxylic acids is 1. The van der Waals surface area contributed by atoms with Crippen LogP contribution in [0.4, 0.5) is 0 Å². The van der Waals surface area contributed by atoms with E-state index < -0.39 is 11.5 Å². The van der Waals surface area contributed by atoms with Crippen LogP contribution in [0.3, 0.4) is 0 Å². The number of carbonyl (C=O) groups is 1. The molecule has 0 heterocycles. The zero-order valence-corrected chi connectivity index (χ0v) is 10.8. The smallest absolute Gasteiger partial charge is 0.324 e. The van der Waals surface area contributed by atoms with Crippen molar-refractivity contribution in [1.82, 2.24) is 4.90 Å². The van der Waals surface area contributed by atoms with Crippen LogP contribution in [0.15, 0.2) is 0 Å². The van der Waals surface area contributed by atoms with Crippen LogP contribution in [-0.4, -0.2) is 35.1 Å². The molecule has 3 nitrogen and oxygen atoms in total. The molecule has 0 atom stereocenters. The maximum Gasteiger partial charge on any atom is 0.324 e. The summed E-state index contributed by atoms with van der Waals surface area (Å²) >= 11 is 0. The molecule has 0 aliphatic heterocycles. The van der Waals surface area contributed by atoms with Crippen LogP contribution >= 0.6 is 0 Å². The van der Waals surface area contributed by atoms with Gasteiger partial charge in [0.25, 0.3) is 0 Å². The van der Waals surface area contributed by atoms with E-state index in [1.54, 1.807) is 0 Å². The van der Waals surface area contributed by atoms with Crippen LogP contribution < -0.4 is 0 Å². The van der Waals surface area contributed by atoms with Gasteiger partial charge in [-0.15, -0.1) is 0 Å². The second-order valence-corrected chi connectivity index (χ2v) is 5.11. The molecule has 0 aromatic rings. The Balaban J connectivity index is 2.72. The minimum atomic E-state index is -0.627. The van der Waals surface area contributed by atoms with E-state index in [0.717, 1.165) is 44.6 Å². The van der Waals surface area contributed by atoms with Crippen molar-refractivity contribution in [3.05, 3.63) is 0 Å². The van der Waals surface area contributed by atoms with Crippen molar-refractivity contribution in [2.75, 3.05) is 13.6 Å². The Bertz CT molecular complexity index is 232. The van der Waals surface area contributed by atoms with Gasteiger partial charge in [-0.05, 0) is 51.6 Å². The maximum atomic E-state index is 11.5. The van der Waals surface area contributed by atoms with Crippen molar-refractivity contribution in [3.8, 4) is 0 Å². The van der Waals surface area contributed by atoms with Crippen LogP contribution in [0.5, 0.6) is 0 Å². The first kappa shape index (κ1) is 13.5. The van der Waals surface area contributed by atoms with E-state index >= 15 is 0 Å². The average molecular weight is 227 g/mol. The van der Waals surface area contributed by atoms with Crippen LogP contribution in [0.2, 0.25) is 0 Å². The largest absolute Gasteiger partial charge is 0.480 e. The van der Waals surface area contributed by atoms with Gasteiger partial charge in [0.15, 0.2) is 0 Å². The molecule has 0 amide bonds. The normalized spacial score (nSPS) is 30.6. The fraction of sp³-hybridized carbons (Fsp3) is 0.923. The number of likely N-dealkylation sites (N-methyl/N-ethyl adjacent to an activating group) is 1. The molecule has 0 saturated heterocycles. The van der Waals surface area contributed by atoms with Crippen LogP contribution in [-0.2, 0) is 4.79 Å². The molecule has 0 unspecified atom stereocenters. The molecule has 0 radical (unpaired) electrons. The van der Waals surface area contributed by atoms with Crippen molar-refractivity contribution in [2.24, 2.45) is 5.92 Å². The highest BCUT2D eigenvalue weighted by atomic mass is 16.4. The molecule has 1 aliphatic carbocycles. The summed E-state index contributed by atoms with van der Waals surface area (Å²) in [5, 5.41) is 9.50. The average Bonchev–Trinajstić information content (AvgIpc) is 2.29. The minimum absolute atomic E-state index is 0.582. The molecule has 0 spiro atoms. The first-order chi connectivity index (χ1) is 7.56. The van der Waals surface area contributed by atoms with E-state index in [-0.39, 0.29) is 0 Å². The molecule has 0 bridgehead atoms. The molecule has 0 aromatic heterocycles. The number of hydrogen-bond acceptors (Lipinski definition) is 2. The van der Waals surface area contributed by atoms with E-state index in [9.17, 15) is 9.90 Å². The summed E-state index contributed by atoms with van der Waals surface area (Å²) in [6.45, 7) is 5.18. The molecular formula is C13H25NO2. The van der Waals surface area contributed by atoms with Crippen LogP contribution in [0, 0.1) is 5.92 Å². The molecule has 1 fully saturated rings. The quantitative estimate of drug-likeness (QED) is 0.785. The predicted octanol–water partition coefficient (Wildman–Crippen LogP) is 2.75. The molecule has 1 N–H and O–H groups in total.